The van der Waals surface area contributed by atoms with E-state index in [0.717, 1.165) is 53.0 Å². The molecule has 2 aromatic heterocycles. The number of hydrogen-bond acceptors (Lipinski definition) is 6. The van der Waals surface area contributed by atoms with Crippen LogP contribution >= 0.6 is 11.3 Å². The molecule has 0 bridgehead atoms. The lowest BCUT2D eigenvalue weighted by Gasteiger charge is -2.12. The SMILES string of the molecule is CCC(C)NC(=O)c1cc(-c2csc(COc3ccc(OC)cc3)n2)n(CCCOC)c1C. The lowest BCUT2D eigenvalue weighted by molar-refractivity contribution is 0.0938. The molecule has 0 spiro atoms. The van der Waals surface area contributed by atoms with Gasteiger partial charge in [-0.25, -0.2) is 4.98 Å². The maximum Gasteiger partial charge on any atom is 0.253 e. The summed E-state index contributed by atoms with van der Waals surface area (Å²) >= 11 is 1.55. The Morgan fingerprint density at radius 3 is 2.61 bits per heavy atom. The van der Waals surface area contributed by atoms with Crippen molar-refractivity contribution in [3.8, 4) is 22.9 Å². The van der Waals surface area contributed by atoms with E-state index in [2.05, 4.69) is 16.8 Å². The van der Waals surface area contributed by atoms with Crippen LogP contribution in [0.15, 0.2) is 35.7 Å². The van der Waals surface area contributed by atoms with Gasteiger partial charge in [-0.1, -0.05) is 6.92 Å². The summed E-state index contributed by atoms with van der Waals surface area (Å²) in [7, 11) is 3.34. The number of thiazole rings is 1. The number of hydrogen-bond donors (Lipinski definition) is 1. The summed E-state index contributed by atoms with van der Waals surface area (Å²) in [6, 6.07) is 9.55. The van der Waals surface area contributed by atoms with Gasteiger partial charge in [0.1, 0.15) is 23.1 Å². The minimum absolute atomic E-state index is 0.0492. The van der Waals surface area contributed by atoms with Gasteiger partial charge in [0.2, 0.25) is 0 Å². The van der Waals surface area contributed by atoms with Crippen LogP contribution in [0.25, 0.3) is 11.4 Å². The topological polar surface area (TPSA) is 74.6 Å². The van der Waals surface area contributed by atoms with Gasteiger partial charge in [0.25, 0.3) is 5.91 Å². The second-order valence-electron chi connectivity index (χ2n) is 7.90. The monoisotopic (exact) mass is 471 g/mol. The number of benzene rings is 1. The number of methoxy groups -OCH3 is 2. The molecule has 33 heavy (non-hydrogen) atoms. The van der Waals surface area contributed by atoms with Gasteiger partial charge in [0.05, 0.1) is 24.1 Å². The summed E-state index contributed by atoms with van der Waals surface area (Å²) < 4.78 is 18.5. The number of amides is 1. The van der Waals surface area contributed by atoms with E-state index in [1.54, 1.807) is 25.6 Å². The number of nitrogens with one attached hydrogen (secondary N) is 1. The van der Waals surface area contributed by atoms with Crippen molar-refractivity contribution in [1.82, 2.24) is 14.9 Å². The second kappa shape index (κ2) is 11.9. The Balaban J connectivity index is 1.80. The quantitative estimate of drug-likeness (QED) is 0.373. The van der Waals surface area contributed by atoms with Crippen LogP contribution in [-0.4, -0.2) is 42.3 Å². The van der Waals surface area contributed by atoms with Crippen LogP contribution < -0.4 is 14.8 Å². The minimum Gasteiger partial charge on any atom is -0.497 e. The van der Waals surface area contributed by atoms with Gasteiger partial charge in [0, 0.05) is 37.4 Å². The first-order chi connectivity index (χ1) is 16.0. The fraction of sp³-hybridized carbons (Fsp3) is 0.440. The van der Waals surface area contributed by atoms with Crippen molar-refractivity contribution >= 4 is 17.2 Å². The molecule has 178 valence electrons. The van der Waals surface area contributed by atoms with Crippen molar-refractivity contribution in [3.63, 3.8) is 0 Å². The largest absolute Gasteiger partial charge is 0.497 e. The van der Waals surface area contributed by atoms with Crippen LogP contribution in [0, 0.1) is 6.92 Å². The van der Waals surface area contributed by atoms with Crippen molar-refractivity contribution < 1.29 is 19.0 Å². The Bertz CT molecular complexity index is 1040. The number of ether oxygens (including phenoxy) is 3. The highest BCUT2D eigenvalue weighted by atomic mass is 32.1. The highest BCUT2D eigenvalue weighted by Gasteiger charge is 2.21. The van der Waals surface area contributed by atoms with Gasteiger partial charge in [-0.15, -0.1) is 11.3 Å². The number of nitrogens with zero attached hydrogens (tertiary/aromatic N) is 2. The van der Waals surface area contributed by atoms with Crippen molar-refractivity contribution in [2.24, 2.45) is 0 Å². The highest BCUT2D eigenvalue weighted by Crippen LogP contribution is 2.28. The molecule has 0 aliphatic carbocycles. The van der Waals surface area contributed by atoms with E-state index in [4.69, 9.17) is 19.2 Å². The molecule has 0 radical (unpaired) electrons. The van der Waals surface area contributed by atoms with Gasteiger partial charge in [0.15, 0.2) is 0 Å². The molecule has 2 heterocycles. The lowest BCUT2D eigenvalue weighted by Crippen LogP contribution is -2.32. The second-order valence-corrected chi connectivity index (χ2v) is 8.84. The third kappa shape index (κ3) is 6.36. The molecule has 1 amide bonds. The molecule has 8 heteroatoms. The van der Waals surface area contributed by atoms with Crippen LogP contribution in [0.5, 0.6) is 11.5 Å². The van der Waals surface area contributed by atoms with Crippen LogP contribution in [0.1, 0.15) is 47.7 Å². The Labute approximate surface area is 199 Å². The van der Waals surface area contributed by atoms with E-state index < -0.39 is 0 Å². The van der Waals surface area contributed by atoms with Gasteiger partial charge in [-0.3, -0.25) is 4.79 Å². The molecule has 3 aromatic rings. The molecule has 0 saturated heterocycles. The number of carbonyl (C=O) groups excluding carboxylic acids is 1. The predicted octanol–water partition coefficient (Wildman–Crippen LogP) is 5.07. The zero-order valence-corrected chi connectivity index (χ0v) is 20.8. The van der Waals surface area contributed by atoms with Crippen molar-refractivity contribution in [3.05, 3.63) is 52.0 Å². The number of carbonyl (C=O) groups is 1. The molecule has 7 nitrogen and oxygen atoms in total. The average Bonchev–Trinajstić information content (AvgIpc) is 3.42. The molecule has 0 fully saturated rings. The van der Waals surface area contributed by atoms with Gasteiger partial charge in [-0.2, -0.15) is 0 Å². The molecule has 1 atom stereocenters. The van der Waals surface area contributed by atoms with Crippen LogP contribution in [0.3, 0.4) is 0 Å². The van der Waals surface area contributed by atoms with Gasteiger partial charge in [-0.05, 0) is 57.0 Å². The van der Waals surface area contributed by atoms with Gasteiger partial charge < -0.3 is 24.1 Å². The maximum atomic E-state index is 12.9. The zero-order valence-electron chi connectivity index (χ0n) is 20.0. The summed E-state index contributed by atoms with van der Waals surface area (Å²) in [6.45, 7) is 7.84. The molecular formula is C25H33N3O4S. The molecule has 1 unspecified atom stereocenters. The number of rotatable bonds is 12. The minimum atomic E-state index is -0.0492. The Morgan fingerprint density at radius 2 is 1.94 bits per heavy atom. The molecule has 3 rings (SSSR count). The first-order valence-electron chi connectivity index (χ1n) is 11.2. The molecule has 0 aliphatic rings. The Kier molecular flexibility index (Phi) is 8.91. The molecule has 0 saturated carbocycles. The fourth-order valence-electron chi connectivity index (χ4n) is 3.46. The standard InChI is InChI=1S/C25H33N3O4S/c1-6-17(2)26-25(29)21-14-23(28(18(21)3)12-7-13-30-4)22-16-33-24(27-22)15-32-20-10-8-19(31-5)9-11-20/h8-11,14,16-17H,6-7,12-13,15H2,1-5H3,(H,26,29). The van der Waals surface area contributed by atoms with E-state index in [-0.39, 0.29) is 11.9 Å². The number of aromatic nitrogens is 2. The first-order valence-corrected chi connectivity index (χ1v) is 12.1. The van der Waals surface area contributed by atoms with E-state index in [1.165, 1.54) is 0 Å². The summed E-state index contributed by atoms with van der Waals surface area (Å²) in [6.07, 6.45) is 1.73. The van der Waals surface area contributed by atoms with E-state index in [9.17, 15) is 4.79 Å². The van der Waals surface area contributed by atoms with E-state index in [1.807, 2.05) is 49.6 Å². The molecule has 1 aromatic carbocycles. The van der Waals surface area contributed by atoms with E-state index in [0.29, 0.717) is 18.8 Å². The van der Waals surface area contributed by atoms with Gasteiger partial charge >= 0.3 is 0 Å². The lowest BCUT2D eigenvalue weighted by atomic mass is 10.2. The first kappa shape index (κ1) is 24.8. The Hall–Kier alpha value is -2.84. The third-order valence-electron chi connectivity index (χ3n) is 5.57. The summed E-state index contributed by atoms with van der Waals surface area (Å²) in [5.74, 6) is 1.50. The van der Waals surface area contributed by atoms with Crippen molar-refractivity contribution in [2.75, 3.05) is 20.8 Å². The van der Waals surface area contributed by atoms with Crippen LogP contribution in [-0.2, 0) is 17.9 Å². The van der Waals surface area contributed by atoms with Crippen molar-refractivity contribution in [1.29, 1.82) is 0 Å². The smallest absolute Gasteiger partial charge is 0.253 e. The average molecular weight is 472 g/mol. The summed E-state index contributed by atoms with van der Waals surface area (Å²) in [5, 5.41) is 5.96. The maximum absolute atomic E-state index is 12.9. The molecule has 1 N–H and O–H groups in total. The molecular weight excluding hydrogens is 438 g/mol. The van der Waals surface area contributed by atoms with E-state index >= 15 is 0 Å². The highest BCUT2D eigenvalue weighted by molar-refractivity contribution is 7.09. The third-order valence-corrected chi connectivity index (χ3v) is 6.39. The fourth-order valence-corrected chi connectivity index (χ4v) is 4.16. The zero-order chi connectivity index (χ0) is 23.8. The summed E-state index contributed by atoms with van der Waals surface area (Å²) in [4.78, 5) is 17.7. The summed E-state index contributed by atoms with van der Waals surface area (Å²) in [5.41, 5.74) is 3.40. The predicted molar refractivity (Wildman–Crippen MR) is 131 cm³/mol. The molecule has 0 aliphatic heterocycles. The van der Waals surface area contributed by atoms with Crippen LogP contribution in [0.4, 0.5) is 0 Å². The van der Waals surface area contributed by atoms with Crippen molar-refractivity contribution in [2.45, 2.75) is 52.8 Å². The normalized spacial score (nSPS) is 11.9. The Morgan fingerprint density at radius 1 is 1.21 bits per heavy atom. The van der Waals surface area contributed by atoms with Crippen LogP contribution in [0.2, 0.25) is 0 Å².